The number of methoxy groups -OCH3 is 1. The van der Waals surface area contributed by atoms with Crippen LogP contribution in [-0.2, 0) is 37.4 Å². The normalized spacial score (nSPS) is 13.5. The van der Waals surface area contributed by atoms with Crippen molar-refractivity contribution < 1.29 is 9.53 Å². The molecule has 1 aliphatic heterocycles. The standard InChI is InChI=1S/C24H26N4O3/c1-31-20-9-7-18(8-10-20)13-25-23(29)16-28-17-26-22-11-12-27(15-21(22)24(28)30)14-19-5-3-2-4-6-19/h2-10,17H,11-16H2,1H3,(H,25,29). The van der Waals surface area contributed by atoms with Crippen LogP contribution < -0.4 is 15.6 Å². The Bertz CT molecular complexity index is 1090. The molecule has 160 valence electrons. The molecule has 2 heterocycles. The maximum absolute atomic E-state index is 13.0. The van der Waals surface area contributed by atoms with Crippen LogP contribution in [0.4, 0.5) is 0 Å². The molecule has 1 aliphatic rings. The number of rotatable bonds is 7. The van der Waals surface area contributed by atoms with Gasteiger partial charge in [-0.05, 0) is 23.3 Å². The van der Waals surface area contributed by atoms with Crippen LogP contribution >= 0.6 is 0 Å². The molecule has 7 nitrogen and oxygen atoms in total. The zero-order valence-electron chi connectivity index (χ0n) is 17.6. The van der Waals surface area contributed by atoms with Gasteiger partial charge in [0.25, 0.3) is 5.56 Å². The maximum Gasteiger partial charge on any atom is 0.258 e. The number of hydrogen-bond acceptors (Lipinski definition) is 5. The molecule has 0 unspecified atom stereocenters. The van der Waals surface area contributed by atoms with Gasteiger partial charge in [0.05, 0.1) is 24.7 Å². The molecular formula is C24H26N4O3. The summed E-state index contributed by atoms with van der Waals surface area (Å²) in [5.41, 5.74) is 3.56. The average Bonchev–Trinajstić information content (AvgIpc) is 2.81. The molecule has 1 N–H and O–H groups in total. The Labute approximate surface area is 181 Å². The summed E-state index contributed by atoms with van der Waals surface area (Å²) in [4.78, 5) is 32.1. The minimum Gasteiger partial charge on any atom is -0.497 e. The molecule has 1 aromatic heterocycles. The molecule has 0 bridgehead atoms. The van der Waals surface area contributed by atoms with E-state index in [1.54, 1.807) is 7.11 Å². The van der Waals surface area contributed by atoms with E-state index in [1.165, 1.54) is 16.5 Å². The fourth-order valence-corrected chi connectivity index (χ4v) is 3.75. The van der Waals surface area contributed by atoms with E-state index in [0.717, 1.165) is 36.5 Å². The first-order chi connectivity index (χ1) is 15.1. The summed E-state index contributed by atoms with van der Waals surface area (Å²) in [5, 5.41) is 2.86. The molecule has 2 aromatic carbocycles. The number of fused-ring (bicyclic) bond motifs is 1. The monoisotopic (exact) mass is 418 g/mol. The van der Waals surface area contributed by atoms with E-state index in [-0.39, 0.29) is 18.0 Å². The van der Waals surface area contributed by atoms with Gasteiger partial charge in [0.1, 0.15) is 12.3 Å². The number of nitrogens with one attached hydrogen (secondary N) is 1. The van der Waals surface area contributed by atoms with Crippen molar-refractivity contribution in [3.05, 3.63) is 93.7 Å². The first-order valence-corrected chi connectivity index (χ1v) is 10.4. The minimum atomic E-state index is -0.225. The van der Waals surface area contributed by atoms with Crippen molar-refractivity contribution in [2.24, 2.45) is 0 Å². The number of aromatic nitrogens is 2. The van der Waals surface area contributed by atoms with Crippen molar-refractivity contribution in [3.63, 3.8) is 0 Å². The number of carbonyl (C=O) groups excluding carboxylic acids is 1. The van der Waals surface area contributed by atoms with Crippen molar-refractivity contribution in [1.82, 2.24) is 19.8 Å². The summed E-state index contributed by atoms with van der Waals surface area (Å²) in [6.07, 6.45) is 2.23. The van der Waals surface area contributed by atoms with Crippen LogP contribution in [0, 0.1) is 0 Å². The van der Waals surface area contributed by atoms with E-state index in [4.69, 9.17) is 4.74 Å². The van der Waals surface area contributed by atoms with Crippen molar-refractivity contribution in [3.8, 4) is 5.75 Å². The second-order valence-corrected chi connectivity index (χ2v) is 7.67. The summed E-state index contributed by atoms with van der Waals surface area (Å²) in [6, 6.07) is 17.7. The van der Waals surface area contributed by atoms with Crippen molar-refractivity contribution in [1.29, 1.82) is 0 Å². The lowest BCUT2D eigenvalue weighted by atomic mass is 10.1. The van der Waals surface area contributed by atoms with Crippen LogP contribution in [0.25, 0.3) is 0 Å². The quantitative estimate of drug-likeness (QED) is 0.636. The van der Waals surface area contributed by atoms with Crippen molar-refractivity contribution in [2.75, 3.05) is 13.7 Å². The highest BCUT2D eigenvalue weighted by Crippen LogP contribution is 2.16. The number of carbonyl (C=O) groups is 1. The number of amides is 1. The molecule has 0 spiro atoms. The molecule has 0 atom stereocenters. The predicted octanol–water partition coefficient (Wildman–Crippen LogP) is 2.13. The van der Waals surface area contributed by atoms with Gasteiger partial charge in [-0.25, -0.2) is 4.98 Å². The van der Waals surface area contributed by atoms with Gasteiger partial charge >= 0.3 is 0 Å². The number of benzene rings is 2. The van der Waals surface area contributed by atoms with E-state index in [2.05, 4.69) is 27.3 Å². The third-order valence-electron chi connectivity index (χ3n) is 5.48. The van der Waals surface area contributed by atoms with Crippen LogP contribution in [0.1, 0.15) is 22.4 Å². The SMILES string of the molecule is COc1ccc(CNC(=O)Cn2cnc3c(c2=O)CN(Cc2ccccc2)CC3)cc1. The Morgan fingerprint density at radius 2 is 1.87 bits per heavy atom. The Kier molecular flexibility index (Phi) is 6.43. The summed E-state index contributed by atoms with van der Waals surface area (Å²) in [7, 11) is 1.61. The maximum atomic E-state index is 13.0. The van der Waals surface area contributed by atoms with E-state index < -0.39 is 0 Å². The van der Waals surface area contributed by atoms with Gasteiger partial charge in [-0.2, -0.15) is 0 Å². The molecule has 7 heteroatoms. The van der Waals surface area contributed by atoms with E-state index in [9.17, 15) is 9.59 Å². The summed E-state index contributed by atoms with van der Waals surface area (Å²) in [5.74, 6) is 0.541. The van der Waals surface area contributed by atoms with Gasteiger partial charge in [-0.1, -0.05) is 42.5 Å². The van der Waals surface area contributed by atoms with Crippen LogP contribution in [0.2, 0.25) is 0 Å². The first kappa shape index (κ1) is 20.8. The Morgan fingerprint density at radius 1 is 1.10 bits per heavy atom. The highest BCUT2D eigenvalue weighted by atomic mass is 16.5. The van der Waals surface area contributed by atoms with E-state index in [1.807, 2.05) is 42.5 Å². The van der Waals surface area contributed by atoms with Gasteiger partial charge in [0.2, 0.25) is 5.91 Å². The molecule has 0 saturated carbocycles. The van der Waals surface area contributed by atoms with Crippen molar-refractivity contribution >= 4 is 5.91 Å². The third kappa shape index (κ3) is 5.19. The smallest absolute Gasteiger partial charge is 0.258 e. The highest BCUT2D eigenvalue weighted by molar-refractivity contribution is 5.75. The van der Waals surface area contributed by atoms with Crippen LogP contribution in [0.5, 0.6) is 5.75 Å². The zero-order chi connectivity index (χ0) is 21.6. The summed E-state index contributed by atoms with van der Waals surface area (Å²) in [6.45, 7) is 2.54. The van der Waals surface area contributed by atoms with Crippen LogP contribution in [0.15, 0.2) is 65.7 Å². The Hall–Kier alpha value is -3.45. The van der Waals surface area contributed by atoms with Crippen molar-refractivity contribution in [2.45, 2.75) is 32.6 Å². The lowest BCUT2D eigenvalue weighted by Gasteiger charge is -2.28. The minimum absolute atomic E-state index is 0.0477. The van der Waals surface area contributed by atoms with Gasteiger partial charge in [-0.3, -0.25) is 19.1 Å². The molecule has 1 amide bonds. The van der Waals surface area contributed by atoms with Gasteiger partial charge in [0.15, 0.2) is 0 Å². The zero-order valence-corrected chi connectivity index (χ0v) is 17.6. The van der Waals surface area contributed by atoms with Crippen LogP contribution in [0.3, 0.4) is 0 Å². The fourth-order valence-electron chi connectivity index (χ4n) is 3.75. The summed E-state index contributed by atoms with van der Waals surface area (Å²) < 4.78 is 6.53. The number of hydrogen-bond donors (Lipinski definition) is 1. The second kappa shape index (κ2) is 9.57. The Morgan fingerprint density at radius 3 is 2.61 bits per heavy atom. The molecule has 0 fully saturated rings. The molecule has 0 aliphatic carbocycles. The summed E-state index contributed by atoms with van der Waals surface area (Å²) >= 11 is 0. The third-order valence-corrected chi connectivity index (χ3v) is 5.48. The van der Waals surface area contributed by atoms with Gasteiger partial charge in [0, 0.05) is 32.6 Å². The average molecular weight is 418 g/mol. The molecule has 4 rings (SSSR count). The Balaban J connectivity index is 1.39. The van der Waals surface area contributed by atoms with Crippen LogP contribution in [-0.4, -0.2) is 34.0 Å². The topological polar surface area (TPSA) is 76.5 Å². The molecule has 0 saturated heterocycles. The fraction of sp³-hybridized carbons (Fsp3) is 0.292. The lowest BCUT2D eigenvalue weighted by Crippen LogP contribution is -2.39. The highest BCUT2D eigenvalue weighted by Gasteiger charge is 2.21. The molecule has 0 radical (unpaired) electrons. The van der Waals surface area contributed by atoms with E-state index >= 15 is 0 Å². The van der Waals surface area contributed by atoms with E-state index in [0.29, 0.717) is 18.7 Å². The first-order valence-electron chi connectivity index (χ1n) is 10.4. The second-order valence-electron chi connectivity index (χ2n) is 7.67. The van der Waals surface area contributed by atoms with Gasteiger partial charge in [-0.15, -0.1) is 0 Å². The molecule has 31 heavy (non-hydrogen) atoms. The van der Waals surface area contributed by atoms with Gasteiger partial charge < -0.3 is 10.1 Å². The lowest BCUT2D eigenvalue weighted by molar-refractivity contribution is -0.121. The predicted molar refractivity (Wildman–Crippen MR) is 118 cm³/mol. The largest absolute Gasteiger partial charge is 0.497 e. The molecule has 3 aromatic rings. The number of nitrogens with zero attached hydrogens (tertiary/aromatic N) is 3. The molecular weight excluding hydrogens is 392 g/mol. The number of ether oxygens (including phenoxy) is 1.